The van der Waals surface area contributed by atoms with Crippen LogP contribution in [0.25, 0.3) is 5.57 Å². The van der Waals surface area contributed by atoms with Crippen molar-refractivity contribution in [3.05, 3.63) is 42.0 Å². The van der Waals surface area contributed by atoms with Gasteiger partial charge < -0.3 is 0 Å². The number of allylic oxidation sites excluding steroid dienone is 2. The Kier molecular flexibility index (Phi) is 2.36. The molecule has 0 N–H and O–H groups in total. The maximum Gasteiger partial charge on any atom is -0.0228 e. The Morgan fingerprint density at radius 2 is 1.73 bits per heavy atom. The van der Waals surface area contributed by atoms with E-state index in [2.05, 4.69) is 36.4 Å². The van der Waals surface area contributed by atoms with Gasteiger partial charge in [-0.25, -0.2) is 0 Å². The van der Waals surface area contributed by atoms with Gasteiger partial charge in [-0.2, -0.15) is 0 Å². The first kappa shape index (κ1) is 9.21. The molecule has 0 heteroatoms. The SMILES string of the molecule is C1=C(c2ccccc2)C[C@H]2CCC[C@@H]2C1. The highest BCUT2D eigenvalue weighted by Crippen LogP contribution is 2.43. The van der Waals surface area contributed by atoms with Crippen molar-refractivity contribution >= 4 is 5.57 Å². The molecule has 0 nitrogen and oxygen atoms in total. The van der Waals surface area contributed by atoms with Crippen molar-refractivity contribution in [2.24, 2.45) is 11.8 Å². The number of rotatable bonds is 1. The summed E-state index contributed by atoms with van der Waals surface area (Å²) in [5.74, 6) is 2.00. The molecular weight excluding hydrogens is 180 g/mol. The lowest BCUT2D eigenvalue weighted by Gasteiger charge is -2.25. The quantitative estimate of drug-likeness (QED) is 0.632. The number of fused-ring (bicyclic) bond motifs is 1. The van der Waals surface area contributed by atoms with Crippen molar-refractivity contribution in [3.8, 4) is 0 Å². The topological polar surface area (TPSA) is 0 Å². The molecule has 0 spiro atoms. The summed E-state index contributed by atoms with van der Waals surface area (Å²) >= 11 is 0. The Morgan fingerprint density at radius 1 is 0.933 bits per heavy atom. The van der Waals surface area contributed by atoms with Gasteiger partial charge >= 0.3 is 0 Å². The molecule has 1 saturated carbocycles. The van der Waals surface area contributed by atoms with Crippen LogP contribution in [0.3, 0.4) is 0 Å². The molecule has 78 valence electrons. The normalized spacial score (nSPS) is 29.7. The predicted molar refractivity (Wildman–Crippen MR) is 64.5 cm³/mol. The molecule has 0 bridgehead atoms. The summed E-state index contributed by atoms with van der Waals surface area (Å²) in [5, 5.41) is 0. The Labute approximate surface area is 92.0 Å². The average Bonchev–Trinajstić information content (AvgIpc) is 2.77. The highest BCUT2D eigenvalue weighted by atomic mass is 14.3. The van der Waals surface area contributed by atoms with Crippen LogP contribution < -0.4 is 0 Å². The number of benzene rings is 1. The maximum absolute atomic E-state index is 2.49. The van der Waals surface area contributed by atoms with Gasteiger partial charge in [0.15, 0.2) is 0 Å². The van der Waals surface area contributed by atoms with E-state index >= 15 is 0 Å². The summed E-state index contributed by atoms with van der Waals surface area (Å²) in [6.07, 6.45) is 9.55. The van der Waals surface area contributed by atoms with Gasteiger partial charge in [0.05, 0.1) is 0 Å². The zero-order chi connectivity index (χ0) is 10.1. The van der Waals surface area contributed by atoms with Crippen LogP contribution in [0.1, 0.15) is 37.7 Å². The van der Waals surface area contributed by atoms with Gasteiger partial charge in [0.1, 0.15) is 0 Å². The molecule has 2 aliphatic carbocycles. The molecule has 1 aromatic carbocycles. The van der Waals surface area contributed by atoms with E-state index in [0.29, 0.717) is 0 Å². The Balaban J connectivity index is 1.84. The van der Waals surface area contributed by atoms with Crippen molar-refractivity contribution in [3.63, 3.8) is 0 Å². The molecular formula is C15H18. The first-order chi connectivity index (χ1) is 7.43. The van der Waals surface area contributed by atoms with Crippen molar-refractivity contribution in [2.45, 2.75) is 32.1 Å². The molecule has 0 radical (unpaired) electrons. The summed E-state index contributed by atoms with van der Waals surface area (Å²) in [6.45, 7) is 0. The minimum absolute atomic E-state index is 0.991. The molecule has 0 amide bonds. The molecule has 2 aliphatic rings. The monoisotopic (exact) mass is 198 g/mol. The van der Waals surface area contributed by atoms with Crippen LogP contribution in [-0.4, -0.2) is 0 Å². The summed E-state index contributed by atoms with van der Waals surface area (Å²) in [5.41, 5.74) is 3.04. The van der Waals surface area contributed by atoms with Gasteiger partial charge in [-0.1, -0.05) is 42.8 Å². The molecule has 3 rings (SSSR count). The van der Waals surface area contributed by atoms with E-state index in [4.69, 9.17) is 0 Å². The zero-order valence-corrected chi connectivity index (χ0v) is 9.15. The molecule has 0 aromatic heterocycles. The Bertz CT molecular complexity index is 361. The molecule has 2 atom stereocenters. The fraction of sp³-hybridized carbons (Fsp3) is 0.467. The summed E-state index contributed by atoms with van der Waals surface area (Å²) < 4.78 is 0. The third-order valence-corrected chi connectivity index (χ3v) is 4.11. The van der Waals surface area contributed by atoms with E-state index in [9.17, 15) is 0 Å². The largest absolute Gasteiger partial charge is 0.0804 e. The van der Waals surface area contributed by atoms with Gasteiger partial charge in [0.2, 0.25) is 0 Å². The van der Waals surface area contributed by atoms with Gasteiger partial charge in [0.25, 0.3) is 0 Å². The lowest BCUT2D eigenvalue weighted by molar-refractivity contribution is 0.386. The van der Waals surface area contributed by atoms with E-state index in [1.165, 1.54) is 37.7 Å². The molecule has 1 fully saturated rings. The van der Waals surface area contributed by atoms with Gasteiger partial charge in [-0.3, -0.25) is 0 Å². The number of hydrogen-bond donors (Lipinski definition) is 0. The van der Waals surface area contributed by atoms with Crippen LogP contribution in [-0.2, 0) is 0 Å². The summed E-state index contributed by atoms with van der Waals surface area (Å²) in [4.78, 5) is 0. The molecule has 0 aliphatic heterocycles. The van der Waals surface area contributed by atoms with Crippen LogP contribution in [0.15, 0.2) is 36.4 Å². The van der Waals surface area contributed by atoms with Crippen LogP contribution >= 0.6 is 0 Å². The zero-order valence-electron chi connectivity index (χ0n) is 9.15. The lowest BCUT2D eigenvalue weighted by atomic mass is 9.80. The van der Waals surface area contributed by atoms with Gasteiger partial charge in [0, 0.05) is 0 Å². The second kappa shape index (κ2) is 3.84. The average molecular weight is 198 g/mol. The van der Waals surface area contributed by atoms with Crippen molar-refractivity contribution in [1.82, 2.24) is 0 Å². The van der Waals surface area contributed by atoms with Gasteiger partial charge in [-0.05, 0) is 48.7 Å². The van der Waals surface area contributed by atoms with E-state index < -0.39 is 0 Å². The van der Waals surface area contributed by atoms with Crippen LogP contribution in [0.4, 0.5) is 0 Å². The van der Waals surface area contributed by atoms with E-state index in [0.717, 1.165) is 11.8 Å². The fourth-order valence-corrected chi connectivity index (χ4v) is 3.24. The Morgan fingerprint density at radius 3 is 2.60 bits per heavy atom. The predicted octanol–water partition coefficient (Wildman–Crippen LogP) is 4.28. The standard InChI is InChI=1S/C15H18/c1-2-5-12(6-3-1)15-10-9-13-7-4-8-14(13)11-15/h1-3,5-6,10,13-14H,4,7-9,11H2/t13-,14-/m1/s1. The van der Waals surface area contributed by atoms with E-state index in [1.807, 2.05) is 0 Å². The number of hydrogen-bond acceptors (Lipinski definition) is 0. The van der Waals surface area contributed by atoms with E-state index in [-0.39, 0.29) is 0 Å². The highest BCUT2D eigenvalue weighted by Gasteiger charge is 2.30. The summed E-state index contributed by atoms with van der Waals surface area (Å²) in [6, 6.07) is 10.9. The van der Waals surface area contributed by atoms with Crippen LogP contribution in [0.2, 0.25) is 0 Å². The first-order valence-electron chi connectivity index (χ1n) is 6.18. The van der Waals surface area contributed by atoms with Crippen LogP contribution in [0.5, 0.6) is 0 Å². The fourth-order valence-electron chi connectivity index (χ4n) is 3.24. The second-order valence-corrected chi connectivity index (χ2v) is 4.99. The van der Waals surface area contributed by atoms with Crippen molar-refractivity contribution in [2.75, 3.05) is 0 Å². The van der Waals surface area contributed by atoms with Crippen molar-refractivity contribution in [1.29, 1.82) is 0 Å². The molecule has 0 heterocycles. The van der Waals surface area contributed by atoms with Gasteiger partial charge in [-0.15, -0.1) is 0 Å². The van der Waals surface area contributed by atoms with E-state index in [1.54, 1.807) is 5.57 Å². The smallest absolute Gasteiger partial charge is 0.0228 e. The molecule has 0 saturated heterocycles. The highest BCUT2D eigenvalue weighted by molar-refractivity contribution is 5.66. The van der Waals surface area contributed by atoms with Crippen molar-refractivity contribution < 1.29 is 0 Å². The third kappa shape index (κ3) is 1.73. The minimum Gasteiger partial charge on any atom is -0.0804 e. The second-order valence-electron chi connectivity index (χ2n) is 4.99. The van der Waals surface area contributed by atoms with Crippen LogP contribution in [0, 0.1) is 11.8 Å². The minimum atomic E-state index is 0.991. The first-order valence-corrected chi connectivity index (χ1v) is 6.18. The third-order valence-electron chi connectivity index (χ3n) is 4.11. The lowest BCUT2D eigenvalue weighted by Crippen LogP contribution is -2.12. The Hall–Kier alpha value is -1.04. The molecule has 15 heavy (non-hydrogen) atoms. The molecule has 1 aromatic rings. The maximum atomic E-state index is 2.49. The molecule has 0 unspecified atom stereocenters. The summed E-state index contributed by atoms with van der Waals surface area (Å²) in [7, 11) is 0.